The van der Waals surface area contributed by atoms with Gasteiger partial charge in [0.05, 0.1) is 0 Å². The number of halogens is 1. The summed E-state index contributed by atoms with van der Waals surface area (Å²) in [5.41, 5.74) is 2.91. The van der Waals surface area contributed by atoms with E-state index in [1.54, 1.807) is 17.0 Å². The molecule has 0 N–H and O–H groups in total. The fourth-order valence-corrected chi connectivity index (χ4v) is 5.53. The van der Waals surface area contributed by atoms with E-state index < -0.39 is 0 Å². The zero-order valence-electron chi connectivity index (χ0n) is 21.5. The molecule has 2 heterocycles. The van der Waals surface area contributed by atoms with Gasteiger partial charge in [-0.25, -0.2) is 4.39 Å². The predicted octanol–water partition coefficient (Wildman–Crippen LogP) is 4.38. The highest BCUT2D eigenvalue weighted by molar-refractivity contribution is 5.94. The zero-order valence-corrected chi connectivity index (χ0v) is 21.5. The summed E-state index contributed by atoms with van der Waals surface area (Å²) >= 11 is 0. The van der Waals surface area contributed by atoms with Gasteiger partial charge in [0.25, 0.3) is 5.91 Å². The van der Waals surface area contributed by atoms with Crippen LogP contribution in [0.5, 0.6) is 0 Å². The summed E-state index contributed by atoms with van der Waals surface area (Å²) in [6, 6.07) is 14.5. The monoisotopic (exact) mass is 495 g/mol. The van der Waals surface area contributed by atoms with Gasteiger partial charge in [0.1, 0.15) is 12.4 Å². The minimum absolute atomic E-state index is 0.0289. The highest BCUT2D eigenvalue weighted by Gasteiger charge is 2.33. The van der Waals surface area contributed by atoms with Gasteiger partial charge in [0.2, 0.25) is 5.91 Å². The molecule has 0 radical (unpaired) electrons. The lowest BCUT2D eigenvalue weighted by atomic mass is 9.84. The first kappa shape index (κ1) is 26.1. The predicted molar refractivity (Wildman–Crippen MR) is 140 cm³/mol. The van der Waals surface area contributed by atoms with Crippen LogP contribution in [0.4, 0.5) is 10.1 Å². The van der Waals surface area contributed by atoms with Gasteiger partial charge in [-0.2, -0.15) is 0 Å². The Morgan fingerprint density at radius 2 is 1.61 bits per heavy atom. The average molecular weight is 496 g/mol. The molecular weight excluding hydrogens is 457 g/mol. The third-order valence-electron chi connectivity index (χ3n) is 7.72. The second-order valence-corrected chi connectivity index (χ2v) is 10.1. The number of carbonyl (C=O) groups excluding carboxylic acids is 2. The van der Waals surface area contributed by atoms with Crippen molar-refractivity contribution in [3.05, 3.63) is 65.5 Å². The van der Waals surface area contributed by atoms with Crippen LogP contribution in [-0.4, -0.2) is 74.6 Å². The van der Waals surface area contributed by atoms with Crippen molar-refractivity contribution in [1.82, 2.24) is 9.80 Å². The number of benzene rings is 2. The molecule has 36 heavy (non-hydrogen) atoms. The maximum atomic E-state index is 13.4. The Kier molecular flexibility index (Phi) is 8.97. The number of hydrogen-bond acceptors (Lipinski definition) is 4. The smallest absolute Gasteiger partial charge is 0.253 e. The Hall–Kier alpha value is -2.93. The number of ether oxygens (including phenoxy) is 1. The van der Waals surface area contributed by atoms with Crippen molar-refractivity contribution >= 4 is 17.5 Å². The van der Waals surface area contributed by atoms with Crippen LogP contribution in [0.2, 0.25) is 0 Å². The number of likely N-dealkylation sites (tertiary alicyclic amines) is 1. The fourth-order valence-electron chi connectivity index (χ4n) is 5.53. The van der Waals surface area contributed by atoms with Crippen LogP contribution in [0.3, 0.4) is 0 Å². The lowest BCUT2D eigenvalue weighted by Crippen LogP contribution is -2.49. The molecule has 2 aliphatic rings. The number of hydrogen-bond donors (Lipinski definition) is 0. The van der Waals surface area contributed by atoms with Crippen LogP contribution < -0.4 is 4.90 Å². The lowest BCUT2D eigenvalue weighted by molar-refractivity contribution is -0.137. The van der Waals surface area contributed by atoms with E-state index in [9.17, 15) is 14.0 Å². The number of amides is 2. The molecule has 0 unspecified atom stereocenters. The molecule has 2 amide bonds. The van der Waals surface area contributed by atoms with Crippen molar-refractivity contribution in [1.29, 1.82) is 0 Å². The molecule has 2 fully saturated rings. The van der Waals surface area contributed by atoms with Gasteiger partial charge in [-0.05, 0) is 86.4 Å². The molecule has 0 bridgehead atoms. The van der Waals surface area contributed by atoms with Crippen molar-refractivity contribution in [3.63, 3.8) is 0 Å². The first-order valence-corrected chi connectivity index (χ1v) is 13.1. The van der Waals surface area contributed by atoms with Crippen molar-refractivity contribution in [2.45, 2.75) is 44.6 Å². The summed E-state index contributed by atoms with van der Waals surface area (Å²) < 4.78 is 18.5. The number of likely N-dealkylation sites (N-methyl/N-ethyl adjacent to an activating group) is 1. The van der Waals surface area contributed by atoms with Gasteiger partial charge < -0.3 is 19.4 Å². The molecule has 7 heteroatoms. The number of nitrogens with zero attached hydrogens (tertiary/aromatic N) is 3. The molecular formula is C29H38FN3O3. The molecule has 0 aromatic heterocycles. The minimum atomic E-state index is -0.269. The number of anilines is 1. The van der Waals surface area contributed by atoms with Crippen LogP contribution in [0.15, 0.2) is 48.5 Å². The van der Waals surface area contributed by atoms with E-state index in [1.165, 1.54) is 44.2 Å². The third-order valence-corrected chi connectivity index (χ3v) is 7.72. The van der Waals surface area contributed by atoms with Crippen LogP contribution >= 0.6 is 0 Å². The van der Waals surface area contributed by atoms with E-state index in [2.05, 4.69) is 17.0 Å². The van der Waals surface area contributed by atoms with Crippen molar-refractivity contribution in [2.75, 3.05) is 51.8 Å². The largest absolute Gasteiger partial charge is 0.375 e. The van der Waals surface area contributed by atoms with E-state index in [1.807, 2.05) is 24.1 Å². The van der Waals surface area contributed by atoms with Gasteiger partial charge in [0.15, 0.2) is 0 Å². The number of piperidine rings is 2. The van der Waals surface area contributed by atoms with E-state index in [0.29, 0.717) is 19.5 Å². The molecule has 194 valence electrons. The molecule has 4 rings (SSSR count). The molecule has 0 aliphatic carbocycles. The van der Waals surface area contributed by atoms with Gasteiger partial charge in [-0.3, -0.25) is 9.59 Å². The van der Waals surface area contributed by atoms with Gasteiger partial charge in [-0.15, -0.1) is 0 Å². The van der Waals surface area contributed by atoms with Crippen LogP contribution in [0.25, 0.3) is 0 Å². The molecule has 0 saturated carbocycles. The zero-order chi connectivity index (χ0) is 25.5. The number of carbonyl (C=O) groups is 2. The second-order valence-electron chi connectivity index (χ2n) is 10.1. The molecule has 0 spiro atoms. The summed E-state index contributed by atoms with van der Waals surface area (Å²) in [7, 11) is 3.33. The lowest BCUT2D eigenvalue weighted by Gasteiger charge is -2.40. The van der Waals surface area contributed by atoms with Gasteiger partial charge >= 0.3 is 0 Å². The van der Waals surface area contributed by atoms with Gasteiger partial charge in [0, 0.05) is 57.6 Å². The second kappa shape index (κ2) is 12.3. The molecule has 2 aromatic carbocycles. The molecule has 1 atom stereocenters. The first-order valence-electron chi connectivity index (χ1n) is 13.1. The quantitative estimate of drug-likeness (QED) is 0.545. The number of rotatable bonds is 8. The Balaban J connectivity index is 1.39. The van der Waals surface area contributed by atoms with Crippen LogP contribution in [0.1, 0.15) is 48.0 Å². The summed E-state index contributed by atoms with van der Waals surface area (Å²) in [5.74, 6) is -0.0317. The van der Waals surface area contributed by atoms with E-state index in [-0.39, 0.29) is 36.2 Å². The Labute approximate surface area is 214 Å². The summed E-state index contributed by atoms with van der Waals surface area (Å²) in [5, 5.41) is 0. The van der Waals surface area contributed by atoms with E-state index >= 15 is 0 Å². The normalized spacial score (nSPS) is 17.6. The molecule has 2 aromatic rings. The van der Waals surface area contributed by atoms with Gasteiger partial charge in [-0.1, -0.05) is 12.1 Å². The van der Waals surface area contributed by atoms with Crippen molar-refractivity contribution in [3.8, 4) is 0 Å². The topological polar surface area (TPSA) is 53.1 Å². The number of methoxy groups -OCH3 is 1. The highest BCUT2D eigenvalue weighted by Crippen LogP contribution is 2.28. The molecule has 2 aliphatic heterocycles. The van der Waals surface area contributed by atoms with E-state index in [4.69, 9.17) is 4.74 Å². The third kappa shape index (κ3) is 6.44. The minimum Gasteiger partial charge on any atom is -0.375 e. The average Bonchev–Trinajstić information content (AvgIpc) is 2.93. The summed E-state index contributed by atoms with van der Waals surface area (Å²) in [6.45, 7) is 3.51. The SMILES string of the molecule is COCC(=O)N(C)[C@H](Cc1ccc(F)cc1)C1CCN(C(=O)c2ccc(N3CCCCC3)cc2)CC1. The summed E-state index contributed by atoms with van der Waals surface area (Å²) in [6.07, 6.45) is 6.02. The molecule has 6 nitrogen and oxygen atoms in total. The molecule has 2 saturated heterocycles. The summed E-state index contributed by atoms with van der Waals surface area (Å²) in [4.78, 5) is 31.9. The fraction of sp³-hybridized carbons (Fsp3) is 0.517. The maximum Gasteiger partial charge on any atom is 0.253 e. The van der Waals surface area contributed by atoms with E-state index in [0.717, 1.165) is 37.1 Å². The standard InChI is InChI=1S/C29H38FN3O3/c1-31(28(34)21-36-2)27(20-22-6-10-25(30)11-7-22)23-14-18-33(19-15-23)29(35)24-8-12-26(13-9-24)32-16-4-3-5-17-32/h6-13,23,27H,3-5,14-21H2,1-2H3/t27-/m1/s1. The Bertz CT molecular complexity index is 997. The van der Waals surface area contributed by atoms with Crippen LogP contribution in [0, 0.1) is 11.7 Å². The highest BCUT2D eigenvalue weighted by atomic mass is 19.1. The maximum absolute atomic E-state index is 13.4. The van der Waals surface area contributed by atoms with Crippen molar-refractivity contribution < 1.29 is 18.7 Å². The Morgan fingerprint density at radius 3 is 2.22 bits per heavy atom. The van der Waals surface area contributed by atoms with Crippen molar-refractivity contribution in [2.24, 2.45) is 5.92 Å². The first-order chi connectivity index (χ1) is 17.5. The van der Waals surface area contributed by atoms with Crippen LogP contribution in [-0.2, 0) is 16.0 Å². The Morgan fingerprint density at radius 1 is 0.972 bits per heavy atom.